The van der Waals surface area contributed by atoms with Gasteiger partial charge in [-0.2, -0.15) is 0 Å². The summed E-state index contributed by atoms with van der Waals surface area (Å²) in [5.74, 6) is 2.98. The van der Waals surface area contributed by atoms with Crippen molar-refractivity contribution < 1.29 is 23.7 Å². The minimum Gasteiger partial charge on any atom is -0.490 e. The van der Waals surface area contributed by atoms with Crippen molar-refractivity contribution >= 4 is 12.0 Å². The number of fused-ring (bicyclic) bond motifs is 2. The Bertz CT molecular complexity index is 937. The number of amides is 1. The van der Waals surface area contributed by atoms with E-state index in [9.17, 15) is 4.79 Å². The van der Waals surface area contributed by atoms with E-state index < -0.39 is 0 Å². The lowest BCUT2D eigenvalue weighted by Crippen LogP contribution is -2.30. The van der Waals surface area contributed by atoms with E-state index in [-0.39, 0.29) is 17.9 Å². The molecule has 1 unspecified atom stereocenters. The predicted molar refractivity (Wildman–Crippen MR) is 114 cm³/mol. The number of benzene rings is 2. The summed E-state index contributed by atoms with van der Waals surface area (Å²) in [5.41, 5.74) is 1.88. The van der Waals surface area contributed by atoms with Crippen LogP contribution in [0.3, 0.4) is 0 Å². The standard InChI is InChI=1S/C24H27NO5/c1-16(2)24(18-6-8-20-22(15-18)30-13-12-29-20)25-23(26)9-5-17-4-7-19-21(14-17)28-11-3-10-27-19/h4-9,14-16,24H,3,10-13H2,1-2H3,(H,25,26). The summed E-state index contributed by atoms with van der Waals surface area (Å²) in [6.07, 6.45) is 4.19. The van der Waals surface area contributed by atoms with Gasteiger partial charge in [-0.05, 0) is 47.4 Å². The fourth-order valence-corrected chi connectivity index (χ4v) is 3.55. The second-order valence-corrected chi connectivity index (χ2v) is 7.72. The number of hydrogen-bond acceptors (Lipinski definition) is 5. The van der Waals surface area contributed by atoms with Crippen LogP contribution in [0.4, 0.5) is 0 Å². The highest BCUT2D eigenvalue weighted by Crippen LogP contribution is 2.34. The maximum absolute atomic E-state index is 12.6. The summed E-state index contributed by atoms with van der Waals surface area (Å²) in [7, 11) is 0. The fourth-order valence-electron chi connectivity index (χ4n) is 3.55. The molecule has 6 heteroatoms. The van der Waals surface area contributed by atoms with Gasteiger partial charge in [-0.15, -0.1) is 0 Å². The molecule has 2 aromatic rings. The molecule has 1 amide bonds. The first kappa shape index (κ1) is 20.1. The molecule has 2 aromatic carbocycles. The van der Waals surface area contributed by atoms with Crippen LogP contribution in [0.25, 0.3) is 6.08 Å². The number of carbonyl (C=O) groups excluding carboxylic acids is 1. The molecule has 0 aromatic heterocycles. The van der Waals surface area contributed by atoms with Crippen molar-refractivity contribution in [3.63, 3.8) is 0 Å². The number of hydrogen-bond donors (Lipinski definition) is 1. The normalized spacial score (nSPS) is 16.2. The van der Waals surface area contributed by atoms with E-state index in [4.69, 9.17) is 18.9 Å². The molecule has 1 atom stereocenters. The number of rotatable bonds is 5. The van der Waals surface area contributed by atoms with E-state index in [2.05, 4.69) is 19.2 Å². The zero-order chi connectivity index (χ0) is 20.9. The second-order valence-electron chi connectivity index (χ2n) is 7.72. The van der Waals surface area contributed by atoms with Gasteiger partial charge in [-0.1, -0.05) is 26.0 Å². The highest BCUT2D eigenvalue weighted by atomic mass is 16.6. The molecule has 2 heterocycles. The molecule has 6 nitrogen and oxygen atoms in total. The molecule has 0 fully saturated rings. The van der Waals surface area contributed by atoms with Crippen molar-refractivity contribution in [3.8, 4) is 23.0 Å². The third kappa shape index (κ3) is 4.70. The van der Waals surface area contributed by atoms with Crippen LogP contribution in [0.5, 0.6) is 23.0 Å². The quantitative estimate of drug-likeness (QED) is 0.752. The Morgan fingerprint density at radius 1 is 0.867 bits per heavy atom. The number of ether oxygens (including phenoxy) is 4. The van der Waals surface area contributed by atoms with Crippen molar-refractivity contribution in [2.45, 2.75) is 26.3 Å². The SMILES string of the molecule is CC(C)C(NC(=O)C=Cc1ccc2c(c1)OCCCO2)c1ccc2c(c1)OCCO2. The lowest BCUT2D eigenvalue weighted by atomic mass is 9.95. The van der Waals surface area contributed by atoms with Crippen LogP contribution in [-0.2, 0) is 4.79 Å². The van der Waals surface area contributed by atoms with E-state index in [1.165, 1.54) is 0 Å². The van der Waals surface area contributed by atoms with Gasteiger partial charge in [0.25, 0.3) is 0 Å². The third-order valence-electron chi connectivity index (χ3n) is 5.09. The fraction of sp³-hybridized carbons (Fsp3) is 0.375. The van der Waals surface area contributed by atoms with Crippen molar-refractivity contribution in [1.82, 2.24) is 5.32 Å². The summed E-state index contributed by atoms with van der Waals surface area (Å²) >= 11 is 0. The van der Waals surface area contributed by atoms with Crippen LogP contribution < -0.4 is 24.3 Å². The highest BCUT2D eigenvalue weighted by molar-refractivity contribution is 5.92. The average Bonchev–Trinajstić information content (AvgIpc) is 3.00. The topological polar surface area (TPSA) is 66.0 Å². The first-order valence-electron chi connectivity index (χ1n) is 10.4. The minimum atomic E-state index is -0.157. The van der Waals surface area contributed by atoms with Gasteiger partial charge < -0.3 is 24.3 Å². The zero-order valence-corrected chi connectivity index (χ0v) is 17.4. The molecule has 158 valence electrons. The summed E-state index contributed by atoms with van der Waals surface area (Å²) in [6, 6.07) is 11.4. The number of carbonyl (C=O) groups is 1. The Morgan fingerprint density at radius 2 is 1.50 bits per heavy atom. The van der Waals surface area contributed by atoms with Crippen molar-refractivity contribution in [3.05, 3.63) is 53.6 Å². The zero-order valence-electron chi connectivity index (χ0n) is 17.4. The van der Waals surface area contributed by atoms with Gasteiger partial charge in [-0.25, -0.2) is 0 Å². The van der Waals surface area contributed by atoms with Crippen LogP contribution in [0, 0.1) is 5.92 Å². The Kier molecular flexibility index (Phi) is 6.12. The maximum Gasteiger partial charge on any atom is 0.244 e. The lowest BCUT2D eigenvalue weighted by Gasteiger charge is -2.25. The molecular weight excluding hydrogens is 382 g/mol. The highest BCUT2D eigenvalue weighted by Gasteiger charge is 2.21. The van der Waals surface area contributed by atoms with Gasteiger partial charge in [0.05, 0.1) is 19.3 Å². The van der Waals surface area contributed by atoms with Gasteiger partial charge in [0.1, 0.15) is 13.2 Å². The molecular formula is C24H27NO5. The van der Waals surface area contributed by atoms with Gasteiger partial charge in [0, 0.05) is 12.5 Å². The molecule has 0 saturated carbocycles. The minimum absolute atomic E-state index is 0.137. The van der Waals surface area contributed by atoms with Crippen LogP contribution >= 0.6 is 0 Å². The van der Waals surface area contributed by atoms with Crippen LogP contribution in [0.15, 0.2) is 42.5 Å². The average molecular weight is 409 g/mol. The van der Waals surface area contributed by atoms with Crippen LogP contribution in [-0.4, -0.2) is 32.3 Å². The monoisotopic (exact) mass is 409 g/mol. The third-order valence-corrected chi connectivity index (χ3v) is 5.09. The second kappa shape index (κ2) is 9.11. The van der Waals surface area contributed by atoms with Crippen LogP contribution in [0.2, 0.25) is 0 Å². The molecule has 30 heavy (non-hydrogen) atoms. The Labute approximate surface area is 176 Å². The molecule has 0 aliphatic carbocycles. The smallest absolute Gasteiger partial charge is 0.244 e. The summed E-state index contributed by atoms with van der Waals surface area (Å²) < 4.78 is 22.6. The van der Waals surface area contributed by atoms with Gasteiger partial charge in [0.2, 0.25) is 5.91 Å². The van der Waals surface area contributed by atoms with Crippen molar-refractivity contribution in [2.75, 3.05) is 26.4 Å². The summed E-state index contributed by atoms with van der Waals surface area (Å²) in [6.45, 7) is 6.53. The lowest BCUT2D eigenvalue weighted by molar-refractivity contribution is -0.117. The van der Waals surface area contributed by atoms with E-state index in [0.717, 1.165) is 34.8 Å². The van der Waals surface area contributed by atoms with Gasteiger partial charge in [-0.3, -0.25) is 4.79 Å². The van der Waals surface area contributed by atoms with E-state index >= 15 is 0 Å². The van der Waals surface area contributed by atoms with Crippen molar-refractivity contribution in [2.24, 2.45) is 5.92 Å². The summed E-state index contributed by atoms with van der Waals surface area (Å²) in [5, 5.41) is 3.10. The molecule has 0 saturated heterocycles. The molecule has 0 bridgehead atoms. The van der Waals surface area contributed by atoms with E-state index in [1.807, 2.05) is 36.4 Å². The van der Waals surface area contributed by atoms with E-state index in [0.29, 0.717) is 32.2 Å². The van der Waals surface area contributed by atoms with Gasteiger partial charge >= 0.3 is 0 Å². The van der Waals surface area contributed by atoms with Gasteiger partial charge in [0.15, 0.2) is 23.0 Å². The predicted octanol–water partition coefficient (Wildman–Crippen LogP) is 4.15. The number of nitrogens with one attached hydrogen (secondary N) is 1. The summed E-state index contributed by atoms with van der Waals surface area (Å²) in [4.78, 5) is 12.6. The van der Waals surface area contributed by atoms with E-state index in [1.54, 1.807) is 12.2 Å². The first-order chi connectivity index (χ1) is 14.6. The molecule has 1 N–H and O–H groups in total. The Hall–Kier alpha value is -3.15. The molecule has 0 radical (unpaired) electrons. The Morgan fingerprint density at radius 3 is 2.27 bits per heavy atom. The first-order valence-corrected chi connectivity index (χ1v) is 10.4. The molecule has 2 aliphatic rings. The van der Waals surface area contributed by atoms with Crippen LogP contribution in [0.1, 0.15) is 37.4 Å². The molecule has 4 rings (SSSR count). The maximum atomic E-state index is 12.6. The Balaban J connectivity index is 1.45. The largest absolute Gasteiger partial charge is 0.490 e. The molecule has 0 spiro atoms. The molecule has 2 aliphatic heterocycles. The van der Waals surface area contributed by atoms with Crippen molar-refractivity contribution in [1.29, 1.82) is 0 Å².